The summed E-state index contributed by atoms with van der Waals surface area (Å²) in [5, 5.41) is 3.42. The average Bonchev–Trinajstić information content (AvgIpc) is 2.34. The number of halogens is 1. The van der Waals surface area contributed by atoms with Crippen LogP contribution in [-0.2, 0) is 6.42 Å². The van der Waals surface area contributed by atoms with Crippen LogP contribution in [0.15, 0.2) is 22.7 Å². The molecule has 0 fully saturated rings. The minimum Gasteiger partial charge on any atom is -0.496 e. The molecular formula is C14H22BrNO. The molecule has 17 heavy (non-hydrogen) atoms. The molecule has 0 spiro atoms. The number of benzene rings is 1. The van der Waals surface area contributed by atoms with E-state index >= 15 is 0 Å². The molecular weight excluding hydrogens is 278 g/mol. The molecule has 0 aliphatic rings. The largest absolute Gasteiger partial charge is 0.496 e. The second kappa shape index (κ2) is 7.72. The van der Waals surface area contributed by atoms with Crippen LogP contribution >= 0.6 is 15.9 Å². The van der Waals surface area contributed by atoms with Crippen molar-refractivity contribution >= 4 is 15.9 Å². The van der Waals surface area contributed by atoms with Gasteiger partial charge in [-0.1, -0.05) is 36.2 Å². The van der Waals surface area contributed by atoms with Gasteiger partial charge in [0.1, 0.15) is 5.75 Å². The van der Waals surface area contributed by atoms with Gasteiger partial charge in [-0.2, -0.15) is 0 Å². The topological polar surface area (TPSA) is 21.3 Å². The van der Waals surface area contributed by atoms with E-state index in [1.165, 1.54) is 12.0 Å². The van der Waals surface area contributed by atoms with E-state index in [0.29, 0.717) is 5.92 Å². The van der Waals surface area contributed by atoms with E-state index < -0.39 is 0 Å². The fourth-order valence-corrected chi connectivity index (χ4v) is 2.34. The van der Waals surface area contributed by atoms with Crippen molar-refractivity contribution in [3.05, 3.63) is 28.2 Å². The van der Waals surface area contributed by atoms with Crippen LogP contribution in [0.1, 0.15) is 25.8 Å². The van der Waals surface area contributed by atoms with Crippen molar-refractivity contribution in [1.29, 1.82) is 0 Å². The molecule has 0 heterocycles. The lowest BCUT2D eigenvalue weighted by Crippen LogP contribution is -2.23. The Morgan fingerprint density at radius 1 is 1.35 bits per heavy atom. The molecule has 96 valence electrons. The predicted molar refractivity (Wildman–Crippen MR) is 76.7 cm³/mol. The lowest BCUT2D eigenvalue weighted by molar-refractivity contribution is 0.399. The van der Waals surface area contributed by atoms with Gasteiger partial charge in [-0.15, -0.1) is 0 Å². The van der Waals surface area contributed by atoms with Crippen molar-refractivity contribution < 1.29 is 4.74 Å². The van der Waals surface area contributed by atoms with E-state index in [0.717, 1.165) is 29.7 Å². The van der Waals surface area contributed by atoms with Crippen LogP contribution in [0.25, 0.3) is 0 Å². The van der Waals surface area contributed by atoms with Crippen molar-refractivity contribution in [2.75, 3.05) is 20.2 Å². The summed E-state index contributed by atoms with van der Waals surface area (Å²) in [6.45, 7) is 6.49. The molecule has 0 amide bonds. The molecule has 3 heteroatoms. The minimum absolute atomic E-state index is 0.665. The Labute approximate surface area is 113 Å². The third kappa shape index (κ3) is 4.68. The Morgan fingerprint density at radius 2 is 2.12 bits per heavy atom. The first-order valence-electron chi connectivity index (χ1n) is 6.24. The summed E-state index contributed by atoms with van der Waals surface area (Å²) < 4.78 is 6.53. The van der Waals surface area contributed by atoms with Crippen molar-refractivity contribution in [3.63, 3.8) is 0 Å². The molecule has 1 rings (SSSR count). The third-order valence-electron chi connectivity index (χ3n) is 3.01. The summed E-state index contributed by atoms with van der Waals surface area (Å²) in [5.41, 5.74) is 1.28. The van der Waals surface area contributed by atoms with Crippen molar-refractivity contribution in [3.8, 4) is 5.75 Å². The number of rotatable bonds is 7. The van der Waals surface area contributed by atoms with E-state index in [9.17, 15) is 0 Å². The highest BCUT2D eigenvalue weighted by Crippen LogP contribution is 2.26. The number of methoxy groups -OCH3 is 1. The van der Waals surface area contributed by atoms with Gasteiger partial charge in [0.15, 0.2) is 0 Å². The average molecular weight is 300 g/mol. The second-order valence-corrected chi connectivity index (χ2v) is 5.16. The molecule has 1 N–H and O–H groups in total. The molecule has 2 nitrogen and oxygen atoms in total. The van der Waals surface area contributed by atoms with E-state index in [-0.39, 0.29) is 0 Å². The summed E-state index contributed by atoms with van der Waals surface area (Å²) in [5.74, 6) is 1.65. The van der Waals surface area contributed by atoms with Gasteiger partial charge in [-0.3, -0.25) is 0 Å². The van der Waals surface area contributed by atoms with Gasteiger partial charge < -0.3 is 10.1 Å². The zero-order chi connectivity index (χ0) is 12.7. The number of hydrogen-bond acceptors (Lipinski definition) is 2. The Balaban J connectivity index is 2.73. The van der Waals surface area contributed by atoms with Crippen LogP contribution in [0.2, 0.25) is 0 Å². The first-order valence-corrected chi connectivity index (χ1v) is 7.03. The molecule has 0 radical (unpaired) electrons. The fraction of sp³-hybridized carbons (Fsp3) is 0.571. The molecule has 0 saturated carbocycles. The number of hydrogen-bond donors (Lipinski definition) is 1. The zero-order valence-electron chi connectivity index (χ0n) is 10.9. The highest BCUT2D eigenvalue weighted by atomic mass is 79.9. The highest BCUT2D eigenvalue weighted by molar-refractivity contribution is 9.10. The van der Waals surface area contributed by atoms with Crippen molar-refractivity contribution in [2.24, 2.45) is 5.92 Å². The standard InChI is InChI=1S/C14H22BrNO/c1-4-11(10-16-5-2)8-12-9-13(15)6-7-14(12)17-3/h6-7,9,11,16H,4-5,8,10H2,1-3H3. The molecule has 0 aliphatic heterocycles. The molecule has 0 bridgehead atoms. The normalized spacial score (nSPS) is 12.5. The summed E-state index contributed by atoms with van der Waals surface area (Å²) in [6, 6.07) is 6.21. The van der Waals surface area contributed by atoms with Crippen LogP contribution in [0.4, 0.5) is 0 Å². The van der Waals surface area contributed by atoms with Crippen molar-refractivity contribution in [2.45, 2.75) is 26.7 Å². The Bertz CT molecular complexity index is 341. The van der Waals surface area contributed by atoms with E-state index in [1.807, 2.05) is 12.1 Å². The smallest absolute Gasteiger partial charge is 0.122 e. The molecule has 0 saturated heterocycles. The molecule has 0 aliphatic carbocycles. The molecule has 1 aromatic carbocycles. The lowest BCUT2D eigenvalue weighted by atomic mass is 9.96. The van der Waals surface area contributed by atoms with Gasteiger partial charge in [0.2, 0.25) is 0 Å². The third-order valence-corrected chi connectivity index (χ3v) is 3.50. The Hall–Kier alpha value is -0.540. The van der Waals surface area contributed by atoms with Crippen LogP contribution in [-0.4, -0.2) is 20.2 Å². The van der Waals surface area contributed by atoms with E-state index in [4.69, 9.17) is 4.74 Å². The van der Waals surface area contributed by atoms with E-state index in [2.05, 4.69) is 41.2 Å². The highest BCUT2D eigenvalue weighted by Gasteiger charge is 2.11. The second-order valence-electron chi connectivity index (χ2n) is 4.24. The lowest BCUT2D eigenvalue weighted by Gasteiger charge is -2.17. The van der Waals surface area contributed by atoms with Gasteiger partial charge in [-0.25, -0.2) is 0 Å². The molecule has 1 unspecified atom stereocenters. The molecule has 1 atom stereocenters. The first-order chi connectivity index (χ1) is 8.21. The van der Waals surface area contributed by atoms with Gasteiger partial charge >= 0.3 is 0 Å². The number of ether oxygens (including phenoxy) is 1. The quantitative estimate of drug-likeness (QED) is 0.830. The summed E-state index contributed by atoms with van der Waals surface area (Å²) >= 11 is 3.52. The van der Waals surface area contributed by atoms with Gasteiger partial charge in [-0.05, 0) is 49.2 Å². The molecule has 0 aromatic heterocycles. The Morgan fingerprint density at radius 3 is 2.71 bits per heavy atom. The molecule has 1 aromatic rings. The maximum absolute atomic E-state index is 5.41. The number of nitrogens with one attached hydrogen (secondary N) is 1. The summed E-state index contributed by atoms with van der Waals surface area (Å²) in [4.78, 5) is 0. The monoisotopic (exact) mass is 299 g/mol. The van der Waals surface area contributed by atoms with Crippen LogP contribution < -0.4 is 10.1 Å². The summed E-state index contributed by atoms with van der Waals surface area (Å²) in [6.07, 6.45) is 2.24. The predicted octanol–water partition coefficient (Wildman–Crippen LogP) is 3.64. The Kier molecular flexibility index (Phi) is 6.60. The van der Waals surface area contributed by atoms with Gasteiger partial charge in [0.25, 0.3) is 0 Å². The summed E-state index contributed by atoms with van der Waals surface area (Å²) in [7, 11) is 1.73. The van der Waals surface area contributed by atoms with Crippen LogP contribution in [0.3, 0.4) is 0 Å². The minimum atomic E-state index is 0.665. The van der Waals surface area contributed by atoms with Crippen molar-refractivity contribution in [1.82, 2.24) is 5.32 Å². The zero-order valence-corrected chi connectivity index (χ0v) is 12.5. The van der Waals surface area contributed by atoms with Gasteiger partial charge in [0, 0.05) is 4.47 Å². The first kappa shape index (κ1) is 14.5. The van der Waals surface area contributed by atoms with Crippen LogP contribution in [0.5, 0.6) is 5.75 Å². The van der Waals surface area contributed by atoms with Crippen LogP contribution in [0, 0.1) is 5.92 Å². The fourth-order valence-electron chi connectivity index (χ4n) is 1.93. The SMILES string of the molecule is CCNCC(CC)Cc1cc(Br)ccc1OC. The van der Waals surface area contributed by atoms with E-state index in [1.54, 1.807) is 7.11 Å². The maximum atomic E-state index is 5.41. The maximum Gasteiger partial charge on any atom is 0.122 e. The van der Waals surface area contributed by atoms with Gasteiger partial charge in [0.05, 0.1) is 7.11 Å².